The molecule has 4 nitrogen and oxygen atoms in total. The molecule has 1 aromatic heterocycles. The fraction of sp³-hybridized carbons (Fsp3) is 0.294. The number of carbonyl (C=O) groups is 2. The molecule has 0 unspecified atom stereocenters. The third kappa shape index (κ3) is 4.16. The van der Waals surface area contributed by atoms with Crippen molar-refractivity contribution in [1.29, 1.82) is 0 Å². The second-order valence-corrected chi connectivity index (χ2v) is 6.29. The zero-order chi connectivity index (χ0) is 17.0. The van der Waals surface area contributed by atoms with E-state index in [1.165, 1.54) is 23.5 Å². The maximum atomic E-state index is 13.2. The maximum absolute atomic E-state index is 13.2. The lowest BCUT2D eigenvalue weighted by Gasteiger charge is -2.07. The lowest BCUT2D eigenvalue weighted by atomic mass is 10.1. The number of nitrogens with one attached hydrogen (secondary N) is 1. The van der Waals surface area contributed by atoms with Crippen LogP contribution in [-0.4, -0.2) is 18.5 Å². The number of aryl methyl sites for hydroxylation is 1. The zero-order valence-corrected chi connectivity index (χ0v) is 14.1. The van der Waals surface area contributed by atoms with Gasteiger partial charge in [-0.25, -0.2) is 9.18 Å². The van der Waals surface area contributed by atoms with Crippen LogP contribution < -0.4 is 5.32 Å². The molecule has 23 heavy (non-hydrogen) atoms. The molecular weight excluding hydrogens is 317 g/mol. The van der Waals surface area contributed by atoms with Crippen molar-refractivity contribution in [3.8, 4) is 0 Å². The number of ether oxygens (including phenoxy) is 1. The normalized spacial score (nSPS) is 10.4. The van der Waals surface area contributed by atoms with Gasteiger partial charge in [-0.1, -0.05) is 12.1 Å². The second kappa shape index (κ2) is 7.37. The Bertz CT molecular complexity index is 739. The van der Waals surface area contributed by atoms with E-state index in [1.54, 1.807) is 19.1 Å². The van der Waals surface area contributed by atoms with E-state index in [0.717, 1.165) is 10.4 Å². The molecule has 0 bridgehead atoms. The lowest BCUT2D eigenvalue weighted by Crippen LogP contribution is -2.16. The van der Waals surface area contributed by atoms with Gasteiger partial charge in [0.15, 0.2) is 0 Å². The highest BCUT2D eigenvalue weighted by molar-refractivity contribution is 7.16. The van der Waals surface area contributed by atoms with Gasteiger partial charge in [0.1, 0.15) is 10.8 Å². The second-order valence-electron chi connectivity index (χ2n) is 5.06. The topological polar surface area (TPSA) is 55.4 Å². The standard InChI is InChI=1S/C17H18FNO3S/c1-4-22-17(21)15-10(2)11(3)23-16(15)19-14(20)9-12-6-5-7-13(18)8-12/h5-8H,4,9H2,1-3H3,(H,19,20). The molecule has 1 heterocycles. The summed E-state index contributed by atoms with van der Waals surface area (Å²) in [6.07, 6.45) is 0.0377. The fourth-order valence-corrected chi connectivity index (χ4v) is 3.23. The minimum atomic E-state index is -0.449. The first-order chi connectivity index (χ1) is 10.9. The third-order valence-corrected chi connectivity index (χ3v) is 4.49. The summed E-state index contributed by atoms with van der Waals surface area (Å²) in [5, 5.41) is 3.21. The van der Waals surface area contributed by atoms with Crippen LogP contribution in [0.15, 0.2) is 24.3 Å². The van der Waals surface area contributed by atoms with Crippen LogP contribution in [0, 0.1) is 19.7 Å². The number of anilines is 1. The van der Waals surface area contributed by atoms with E-state index >= 15 is 0 Å². The molecule has 0 radical (unpaired) electrons. The molecule has 1 aromatic carbocycles. The minimum absolute atomic E-state index is 0.0377. The van der Waals surface area contributed by atoms with Crippen LogP contribution in [0.4, 0.5) is 9.39 Å². The molecule has 2 rings (SSSR count). The summed E-state index contributed by atoms with van der Waals surface area (Å²) in [7, 11) is 0. The van der Waals surface area contributed by atoms with Crippen molar-refractivity contribution in [2.45, 2.75) is 27.2 Å². The summed E-state index contributed by atoms with van der Waals surface area (Å²) >= 11 is 1.33. The molecule has 1 amide bonds. The van der Waals surface area contributed by atoms with Gasteiger partial charge in [0, 0.05) is 4.88 Å². The van der Waals surface area contributed by atoms with Gasteiger partial charge < -0.3 is 10.1 Å². The van der Waals surface area contributed by atoms with Gasteiger partial charge in [-0.2, -0.15) is 0 Å². The molecular formula is C17H18FNO3S. The van der Waals surface area contributed by atoms with Crippen LogP contribution >= 0.6 is 11.3 Å². The lowest BCUT2D eigenvalue weighted by molar-refractivity contribution is -0.115. The van der Waals surface area contributed by atoms with Gasteiger partial charge in [0.2, 0.25) is 5.91 Å². The average Bonchev–Trinajstić information content (AvgIpc) is 2.73. The Hall–Kier alpha value is -2.21. The number of benzene rings is 1. The summed E-state index contributed by atoms with van der Waals surface area (Å²) in [6, 6.07) is 5.88. The van der Waals surface area contributed by atoms with E-state index in [0.29, 0.717) is 16.1 Å². The van der Waals surface area contributed by atoms with E-state index in [1.807, 2.05) is 13.8 Å². The highest BCUT2D eigenvalue weighted by Crippen LogP contribution is 2.33. The molecule has 2 aromatic rings. The Labute approximate surface area is 138 Å². The Morgan fingerprint density at radius 3 is 2.70 bits per heavy atom. The summed E-state index contributed by atoms with van der Waals surface area (Å²) in [5.41, 5.74) is 1.77. The minimum Gasteiger partial charge on any atom is -0.462 e. The largest absolute Gasteiger partial charge is 0.462 e. The van der Waals surface area contributed by atoms with Crippen LogP contribution in [0.1, 0.15) is 33.3 Å². The Kier molecular flexibility index (Phi) is 5.50. The summed E-state index contributed by atoms with van der Waals surface area (Å²) < 4.78 is 18.2. The van der Waals surface area contributed by atoms with E-state index < -0.39 is 5.97 Å². The van der Waals surface area contributed by atoms with Crippen molar-refractivity contribution in [3.63, 3.8) is 0 Å². The van der Waals surface area contributed by atoms with E-state index in [-0.39, 0.29) is 24.8 Å². The highest BCUT2D eigenvalue weighted by Gasteiger charge is 2.22. The third-order valence-electron chi connectivity index (χ3n) is 3.37. The molecule has 0 atom stereocenters. The molecule has 122 valence electrons. The van der Waals surface area contributed by atoms with Crippen LogP contribution in [-0.2, 0) is 16.0 Å². The van der Waals surface area contributed by atoms with Crippen LogP contribution in [0.2, 0.25) is 0 Å². The number of carbonyl (C=O) groups excluding carboxylic acids is 2. The molecule has 0 saturated carbocycles. The van der Waals surface area contributed by atoms with Crippen molar-refractivity contribution in [1.82, 2.24) is 0 Å². The van der Waals surface area contributed by atoms with Gasteiger partial charge in [0.25, 0.3) is 0 Å². The van der Waals surface area contributed by atoms with E-state index in [2.05, 4.69) is 5.32 Å². The van der Waals surface area contributed by atoms with E-state index in [9.17, 15) is 14.0 Å². The number of hydrogen-bond acceptors (Lipinski definition) is 4. The highest BCUT2D eigenvalue weighted by atomic mass is 32.1. The number of esters is 1. The molecule has 6 heteroatoms. The zero-order valence-electron chi connectivity index (χ0n) is 13.2. The molecule has 0 aliphatic rings. The Balaban J connectivity index is 2.17. The van der Waals surface area contributed by atoms with E-state index in [4.69, 9.17) is 4.74 Å². The summed E-state index contributed by atoms with van der Waals surface area (Å²) in [4.78, 5) is 25.2. The Morgan fingerprint density at radius 1 is 1.30 bits per heavy atom. The Morgan fingerprint density at radius 2 is 2.04 bits per heavy atom. The summed E-state index contributed by atoms with van der Waals surface area (Å²) in [5.74, 6) is -1.14. The monoisotopic (exact) mass is 335 g/mol. The molecule has 0 aliphatic carbocycles. The molecule has 1 N–H and O–H groups in total. The first-order valence-electron chi connectivity index (χ1n) is 7.23. The summed E-state index contributed by atoms with van der Waals surface area (Å²) in [6.45, 7) is 5.70. The first kappa shape index (κ1) is 17.1. The predicted octanol–water partition coefficient (Wildman–Crippen LogP) is 3.86. The van der Waals surface area contributed by atoms with Gasteiger partial charge in [-0.15, -0.1) is 11.3 Å². The molecule has 0 aliphatic heterocycles. The van der Waals surface area contributed by atoms with Crippen molar-refractivity contribution in [2.24, 2.45) is 0 Å². The average molecular weight is 335 g/mol. The van der Waals surface area contributed by atoms with Gasteiger partial charge in [-0.05, 0) is 44.0 Å². The smallest absolute Gasteiger partial charge is 0.341 e. The van der Waals surface area contributed by atoms with Gasteiger partial charge in [0.05, 0.1) is 18.6 Å². The van der Waals surface area contributed by atoms with Crippen molar-refractivity contribution >= 4 is 28.2 Å². The quantitative estimate of drug-likeness (QED) is 0.844. The number of halogens is 1. The number of rotatable bonds is 5. The van der Waals surface area contributed by atoms with Crippen molar-refractivity contribution in [2.75, 3.05) is 11.9 Å². The van der Waals surface area contributed by atoms with Gasteiger partial charge >= 0.3 is 5.97 Å². The molecule has 0 spiro atoms. The van der Waals surface area contributed by atoms with Crippen LogP contribution in [0.25, 0.3) is 0 Å². The van der Waals surface area contributed by atoms with Gasteiger partial charge in [-0.3, -0.25) is 4.79 Å². The number of hydrogen-bond donors (Lipinski definition) is 1. The van der Waals surface area contributed by atoms with Crippen molar-refractivity contribution in [3.05, 3.63) is 51.7 Å². The fourth-order valence-electron chi connectivity index (χ4n) is 2.17. The molecule has 0 fully saturated rings. The van der Waals surface area contributed by atoms with Crippen LogP contribution in [0.5, 0.6) is 0 Å². The first-order valence-corrected chi connectivity index (χ1v) is 8.05. The predicted molar refractivity (Wildman–Crippen MR) is 88.5 cm³/mol. The number of amides is 1. The maximum Gasteiger partial charge on any atom is 0.341 e. The van der Waals surface area contributed by atoms with Crippen LogP contribution in [0.3, 0.4) is 0 Å². The molecule has 0 saturated heterocycles. The SMILES string of the molecule is CCOC(=O)c1c(NC(=O)Cc2cccc(F)c2)sc(C)c1C. The van der Waals surface area contributed by atoms with Crippen molar-refractivity contribution < 1.29 is 18.7 Å². The number of thiophene rings is 1.